The van der Waals surface area contributed by atoms with Crippen LogP contribution in [-0.2, 0) is 9.59 Å². The van der Waals surface area contributed by atoms with Gasteiger partial charge in [0.25, 0.3) is 0 Å². The third-order valence-electron chi connectivity index (χ3n) is 4.66. The second-order valence-corrected chi connectivity index (χ2v) is 8.14. The van der Waals surface area contributed by atoms with Crippen LogP contribution in [0.4, 0.5) is 11.4 Å². The Morgan fingerprint density at radius 3 is 2.55 bits per heavy atom. The smallest absolute Gasteiger partial charge is 0.237 e. The SMILES string of the molecule is CCC(Sc1cccc(NC(=O)C2CC2)c1)C(=O)Nc1ccc(OC)cc1OC. The van der Waals surface area contributed by atoms with Crippen molar-refractivity contribution in [1.29, 1.82) is 0 Å². The standard InChI is InChI=1S/C22H26N2O4S/c1-4-20(22(26)24-18-11-10-16(27-2)13-19(18)28-3)29-17-7-5-6-15(12-17)23-21(25)14-8-9-14/h5-7,10-14,20H,4,8-9H2,1-3H3,(H,23,25)(H,24,26). The number of hydrogen-bond acceptors (Lipinski definition) is 5. The van der Waals surface area contributed by atoms with Crippen molar-refractivity contribution >= 4 is 35.0 Å². The average molecular weight is 415 g/mol. The van der Waals surface area contributed by atoms with Crippen molar-refractivity contribution in [2.75, 3.05) is 24.9 Å². The highest BCUT2D eigenvalue weighted by molar-refractivity contribution is 8.00. The summed E-state index contributed by atoms with van der Waals surface area (Å²) in [6.45, 7) is 1.97. The maximum Gasteiger partial charge on any atom is 0.237 e. The molecule has 1 unspecified atom stereocenters. The van der Waals surface area contributed by atoms with Crippen molar-refractivity contribution in [1.82, 2.24) is 0 Å². The van der Waals surface area contributed by atoms with Gasteiger partial charge in [-0.2, -0.15) is 0 Å². The van der Waals surface area contributed by atoms with E-state index in [9.17, 15) is 9.59 Å². The van der Waals surface area contributed by atoms with Crippen LogP contribution in [0.25, 0.3) is 0 Å². The van der Waals surface area contributed by atoms with Crippen LogP contribution in [0, 0.1) is 5.92 Å². The Balaban J connectivity index is 1.66. The van der Waals surface area contributed by atoms with Crippen molar-refractivity contribution in [3.8, 4) is 11.5 Å². The van der Waals surface area contributed by atoms with Crippen LogP contribution in [0.5, 0.6) is 11.5 Å². The fourth-order valence-corrected chi connectivity index (χ4v) is 3.85. The first-order valence-corrected chi connectivity index (χ1v) is 10.5. The van der Waals surface area contributed by atoms with E-state index in [1.807, 2.05) is 31.2 Å². The maximum atomic E-state index is 12.8. The van der Waals surface area contributed by atoms with E-state index >= 15 is 0 Å². The third-order valence-corrected chi connectivity index (χ3v) is 6.02. The van der Waals surface area contributed by atoms with Crippen LogP contribution in [0.1, 0.15) is 26.2 Å². The van der Waals surface area contributed by atoms with Crippen molar-refractivity contribution in [2.45, 2.75) is 36.3 Å². The van der Waals surface area contributed by atoms with Crippen molar-refractivity contribution in [3.63, 3.8) is 0 Å². The number of carbonyl (C=O) groups is 2. The number of rotatable bonds is 9. The molecule has 2 aromatic rings. The summed E-state index contributed by atoms with van der Waals surface area (Å²) in [7, 11) is 3.13. The van der Waals surface area contributed by atoms with Crippen LogP contribution >= 0.6 is 11.8 Å². The van der Waals surface area contributed by atoms with Gasteiger partial charge in [-0.1, -0.05) is 13.0 Å². The number of thioether (sulfide) groups is 1. The van der Waals surface area contributed by atoms with Gasteiger partial charge >= 0.3 is 0 Å². The minimum Gasteiger partial charge on any atom is -0.497 e. The van der Waals surface area contributed by atoms with Gasteiger partial charge in [0.05, 0.1) is 25.2 Å². The molecule has 0 saturated heterocycles. The monoisotopic (exact) mass is 414 g/mol. The third kappa shape index (κ3) is 5.67. The lowest BCUT2D eigenvalue weighted by atomic mass is 10.2. The first kappa shape index (κ1) is 21.0. The number of nitrogens with one attached hydrogen (secondary N) is 2. The highest BCUT2D eigenvalue weighted by Crippen LogP contribution is 2.33. The summed E-state index contributed by atoms with van der Waals surface area (Å²) >= 11 is 1.47. The Hall–Kier alpha value is -2.67. The lowest BCUT2D eigenvalue weighted by Crippen LogP contribution is -2.24. The number of amides is 2. The minimum absolute atomic E-state index is 0.0727. The van der Waals surface area contributed by atoms with Gasteiger partial charge in [-0.05, 0) is 49.6 Å². The summed E-state index contributed by atoms with van der Waals surface area (Å²) in [5.41, 5.74) is 1.36. The second-order valence-electron chi connectivity index (χ2n) is 6.86. The molecular weight excluding hydrogens is 388 g/mol. The average Bonchev–Trinajstić information content (AvgIpc) is 3.58. The number of hydrogen-bond donors (Lipinski definition) is 2. The molecule has 0 spiro atoms. The molecule has 0 aromatic heterocycles. The normalized spacial score (nSPS) is 14.0. The molecule has 0 bridgehead atoms. The fourth-order valence-electron chi connectivity index (χ4n) is 2.84. The van der Waals surface area contributed by atoms with E-state index in [4.69, 9.17) is 9.47 Å². The van der Waals surface area contributed by atoms with Gasteiger partial charge in [0.15, 0.2) is 0 Å². The van der Waals surface area contributed by atoms with Gasteiger partial charge in [-0.25, -0.2) is 0 Å². The van der Waals surface area contributed by atoms with E-state index in [1.165, 1.54) is 11.8 Å². The van der Waals surface area contributed by atoms with E-state index in [2.05, 4.69) is 10.6 Å². The summed E-state index contributed by atoms with van der Waals surface area (Å²) in [5.74, 6) is 1.32. The summed E-state index contributed by atoms with van der Waals surface area (Å²) in [4.78, 5) is 25.8. The molecule has 7 heteroatoms. The van der Waals surface area contributed by atoms with Gasteiger partial charge in [-0.3, -0.25) is 9.59 Å². The van der Waals surface area contributed by atoms with E-state index in [0.717, 1.165) is 23.4 Å². The number of anilines is 2. The molecule has 3 rings (SSSR count). The Kier molecular flexibility index (Phi) is 7.04. The number of carbonyl (C=O) groups excluding carboxylic acids is 2. The summed E-state index contributed by atoms with van der Waals surface area (Å²) in [6, 6.07) is 12.9. The van der Waals surface area contributed by atoms with Crippen molar-refractivity contribution in [2.24, 2.45) is 5.92 Å². The Morgan fingerprint density at radius 2 is 1.90 bits per heavy atom. The number of methoxy groups -OCH3 is 2. The molecule has 1 aliphatic rings. The van der Waals surface area contributed by atoms with E-state index < -0.39 is 0 Å². The van der Waals surface area contributed by atoms with Gasteiger partial charge in [-0.15, -0.1) is 11.8 Å². The predicted molar refractivity (Wildman–Crippen MR) is 116 cm³/mol. The highest BCUT2D eigenvalue weighted by atomic mass is 32.2. The minimum atomic E-state index is -0.281. The maximum absolute atomic E-state index is 12.8. The van der Waals surface area contributed by atoms with E-state index in [1.54, 1.807) is 32.4 Å². The van der Waals surface area contributed by atoms with Gasteiger partial charge in [0, 0.05) is 22.6 Å². The van der Waals surface area contributed by atoms with Crippen LogP contribution in [0.3, 0.4) is 0 Å². The van der Waals surface area contributed by atoms with Crippen molar-refractivity contribution in [3.05, 3.63) is 42.5 Å². The molecule has 1 saturated carbocycles. The molecule has 6 nitrogen and oxygen atoms in total. The van der Waals surface area contributed by atoms with Crippen LogP contribution in [0.15, 0.2) is 47.4 Å². The quantitative estimate of drug-likeness (QED) is 0.588. The zero-order chi connectivity index (χ0) is 20.8. The molecule has 1 fully saturated rings. The molecule has 2 aromatic carbocycles. The molecule has 29 heavy (non-hydrogen) atoms. The topological polar surface area (TPSA) is 76.7 Å². The van der Waals surface area contributed by atoms with Crippen LogP contribution < -0.4 is 20.1 Å². The molecule has 0 aliphatic heterocycles. The van der Waals surface area contributed by atoms with Crippen LogP contribution in [0.2, 0.25) is 0 Å². The zero-order valence-corrected chi connectivity index (χ0v) is 17.7. The van der Waals surface area contributed by atoms with E-state index in [0.29, 0.717) is 23.6 Å². The first-order valence-electron chi connectivity index (χ1n) is 9.64. The summed E-state index contributed by atoms with van der Waals surface area (Å²) in [6.07, 6.45) is 2.59. The van der Waals surface area contributed by atoms with Gasteiger partial charge in [0.2, 0.25) is 11.8 Å². The number of benzene rings is 2. The molecule has 2 amide bonds. The second kappa shape index (κ2) is 9.69. The van der Waals surface area contributed by atoms with Gasteiger partial charge in [0.1, 0.15) is 11.5 Å². The largest absolute Gasteiger partial charge is 0.497 e. The summed E-state index contributed by atoms with van der Waals surface area (Å²) < 4.78 is 10.6. The van der Waals surface area contributed by atoms with E-state index in [-0.39, 0.29) is 23.0 Å². The predicted octanol–water partition coefficient (Wildman–Crippen LogP) is 4.56. The molecule has 0 radical (unpaired) electrons. The molecule has 2 N–H and O–H groups in total. The zero-order valence-electron chi connectivity index (χ0n) is 16.9. The first-order chi connectivity index (χ1) is 14.0. The Bertz CT molecular complexity index is 883. The molecular formula is C22H26N2O4S. The lowest BCUT2D eigenvalue weighted by molar-refractivity contribution is -0.117. The number of ether oxygens (including phenoxy) is 2. The van der Waals surface area contributed by atoms with Crippen LogP contribution in [-0.4, -0.2) is 31.3 Å². The molecule has 154 valence electrons. The van der Waals surface area contributed by atoms with Gasteiger partial charge < -0.3 is 20.1 Å². The Morgan fingerprint density at radius 1 is 1.10 bits per heavy atom. The van der Waals surface area contributed by atoms with Crippen molar-refractivity contribution < 1.29 is 19.1 Å². The fraction of sp³-hybridized carbons (Fsp3) is 0.364. The molecule has 1 aliphatic carbocycles. The molecule has 1 atom stereocenters. The lowest BCUT2D eigenvalue weighted by Gasteiger charge is -2.17. The summed E-state index contributed by atoms with van der Waals surface area (Å²) in [5, 5.41) is 5.61. The molecule has 0 heterocycles. The Labute approximate surface area is 175 Å². The highest BCUT2D eigenvalue weighted by Gasteiger charge is 2.29.